The van der Waals surface area contributed by atoms with Gasteiger partial charge in [0.15, 0.2) is 7.65 Å². The summed E-state index contributed by atoms with van der Waals surface area (Å²) in [5.74, 6) is 0. The van der Waals surface area contributed by atoms with Gasteiger partial charge >= 0.3 is 21.2 Å². The Bertz CT molecular complexity index is 254. The number of hydrogen-bond donors (Lipinski definition) is 0. The Morgan fingerprint density at radius 2 is 1.92 bits per heavy atom. The summed E-state index contributed by atoms with van der Waals surface area (Å²) in [4.78, 5) is 0. The lowest BCUT2D eigenvalue weighted by atomic mass is 10.4. The van der Waals surface area contributed by atoms with E-state index in [9.17, 15) is 0 Å². The molecule has 0 aliphatic heterocycles. The molecule has 0 spiro atoms. The van der Waals surface area contributed by atoms with Crippen molar-refractivity contribution in [3.8, 4) is 0 Å². The summed E-state index contributed by atoms with van der Waals surface area (Å²) >= 11 is -0.0108. The van der Waals surface area contributed by atoms with E-state index in [1.807, 2.05) is 26.2 Å². The van der Waals surface area contributed by atoms with E-state index in [0.717, 1.165) is 0 Å². The van der Waals surface area contributed by atoms with Gasteiger partial charge in [0.05, 0.1) is 6.10 Å². The van der Waals surface area contributed by atoms with Gasteiger partial charge in [-0.15, -0.1) is 0 Å². The summed E-state index contributed by atoms with van der Waals surface area (Å²) in [6.07, 6.45) is 2.11. The lowest BCUT2D eigenvalue weighted by Gasteiger charge is -1.99. The van der Waals surface area contributed by atoms with Crippen molar-refractivity contribution >= 4 is 0 Å². The van der Waals surface area contributed by atoms with E-state index in [-0.39, 0.29) is 27.3 Å². The van der Waals surface area contributed by atoms with E-state index in [1.54, 1.807) is 0 Å². The van der Waals surface area contributed by atoms with Gasteiger partial charge in [-0.25, -0.2) is 0 Å². The molecule has 0 atom stereocenters. The molecule has 2 heteroatoms. The summed E-state index contributed by atoms with van der Waals surface area (Å²) < 4.78 is 8.88. The Hall–Kier alpha value is -0.510. The van der Waals surface area contributed by atoms with E-state index in [1.165, 1.54) is 3.57 Å². The summed E-state index contributed by atoms with van der Waals surface area (Å²) in [6, 6.07) is 10.5. The van der Waals surface area contributed by atoms with Crippen LogP contribution < -0.4 is 21.2 Å². The van der Waals surface area contributed by atoms with E-state index in [0.29, 0.717) is 0 Å². The van der Waals surface area contributed by atoms with Crippen LogP contribution in [0.15, 0.2) is 40.7 Å². The minimum absolute atomic E-state index is 0.0108. The predicted octanol–water partition coefficient (Wildman–Crippen LogP) is -0.159. The third-order valence-corrected chi connectivity index (χ3v) is 3.42. The maximum Gasteiger partial charge on any atom is 0.352 e. The normalized spacial score (nSPS) is 11.0. The van der Waals surface area contributed by atoms with Gasteiger partial charge in [-0.3, -0.25) is 0 Å². The molecule has 0 saturated carbocycles. The van der Waals surface area contributed by atoms with Gasteiger partial charge in [0.25, 0.3) is 0 Å². The number of rotatable bonds is 4. The minimum atomic E-state index is -0.0108. The highest BCUT2D eigenvalue weighted by Gasteiger charge is 2.04. The lowest BCUT2D eigenvalue weighted by molar-refractivity contribution is -0.558. The van der Waals surface area contributed by atoms with Crippen LogP contribution >= 0.6 is 0 Å². The Morgan fingerprint density at radius 1 is 1.23 bits per heavy atom. The number of ether oxygens (including phenoxy) is 1. The Kier molecular flexibility index (Phi) is 4.90. The second-order valence-electron chi connectivity index (χ2n) is 2.85. The fraction of sp³-hybridized carbons (Fsp3) is 0.273. The molecule has 0 N–H and O–H groups in total. The molecule has 0 saturated heterocycles. The molecule has 0 heterocycles. The van der Waals surface area contributed by atoms with Crippen molar-refractivity contribution in [1.82, 2.24) is 0 Å². The first-order valence-electron chi connectivity index (χ1n) is 4.28. The van der Waals surface area contributed by atoms with Gasteiger partial charge in [-0.1, -0.05) is 18.2 Å². The molecule has 0 aromatic heterocycles. The van der Waals surface area contributed by atoms with E-state index in [2.05, 4.69) is 28.3 Å². The van der Waals surface area contributed by atoms with Crippen LogP contribution in [0.25, 0.3) is 0 Å². The van der Waals surface area contributed by atoms with Gasteiger partial charge < -0.3 is 4.74 Å². The monoisotopic (exact) mass is 289 g/mol. The Balaban J connectivity index is 2.31. The zero-order chi connectivity index (χ0) is 9.52. The molecule has 0 amide bonds. The molecule has 0 bridgehead atoms. The minimum Gasteiger partial charge on any atom is -0.495 e. The van der Waals surface area contributed by atoms with E-state index >= 15 is 0 Å². The van der Waals surface area contributed by atoms with Gasteiger partial charge in [-0.2, -0.15) is 0 Å². The van der Waals surface area contributed by atoms with Crippen LogP contribution in [0.1, 0.15) is 13.8 Å². The largest absolute Gasteiger partial charge is 0.495 e. The highest BCUT2D eigenvalue weighted by molar-refractivity contribution is 4.99. The molecule has 70 valence electrons. The molecule has 1 aromatic carbocycles. The molecular weight excluding hydrogens is 275 g/mol. The molecule has 13 heavy (non-hydrogen) atoms. The fourth-order valence-electron chi connectivity index (χ4n) is 0.773. The summed E-state index contributed by atoms with van der Waals surface area (Å²) in [7, 11) is 0. The summed E-state index contributed by atoms with van der Waals surface area (Å²) in [5.41, 5.74) is 0. The number of hydrogen-bond acceptors (Lipinski definition) is 1. The first kappa shape index (κ1) is 10.6. The molecule has 0 radical (unpaired) electrons. The highest BCUT2D eigenvalue weighted by atomic mass is 127. The topological polar surface area (TPSA) is 9.23 Å². The lowest BCUT2D eigenvalue weighted by Crippen LogP contribution is -3.59. The molecule has 0 aliphatic rings. The van der Waals surface area contributed by atoms with Crippen molar-refractivity contribution in [2.24, 2.45) is 0 Å². The molecule has 1 rings (SSSR count). The molecule has 1 aromatic rings. The quantitative estimate of drug-likeness (QED) is 0.553. The van der Waals surface area contributed by atoms with Crippen LogP contribution in [0, 0.1) is 3.57 Å². The van der Waals surface area contributed by atoms with Crippen molar-refractivity contribution in [2.75, 3.05) is 0 Å². The zero-order valence-electron chi connectivity index (χ0n) is 7.91. The van der Waals surface area contributed by atoms with Gasteiger partial charge in [0.1, 0.15) is 6.26 Å². The molecular formula is C11H14IO+. The second kappa shape index (κ2) is 6.02. The molecule has 0 fully saturated rings. The Morgan fingerprint density at radius 3 is 2.54 bits per heavy atom. The smallest absolute Gasteiger partial charge is 0.352 e. The highest BCUT2D eigenvalue weighted by Crippen LogP contribution is 1.85. The van der Waals surface area contributed by atoms with Crippen molar-refractivity contribution in [1.29, 1.82) is 0 Å². The van der Waals surface area contributed by atoms with Gasteiger partial charge in [0, 0.05) is 0 Å². The van der Waals surface area contributed by atoms with Crippen LogP contribution in [0.4, 0.5) is 0 Å². The van der Waals surface area contributed by atoms with Crippen LogP contribution in [-0.2, 0) is 4.74 Å². The molecule has 1 nitrogen and oxygen atoms in total. The van der Waals surface area contributed by atoms with Crippen LogP contribution in [0.2, 0.25) is 0 Å². The second-order valence-corrected chi connectivity index (χ2v) is 5.44. The fourth-order valence-corrected chi connectivity index (χ4v) is 2.33. The molecule has 0 aliphatic carbocycles. The van der Waals surface area contributed by atoms with E-state index in [4.69, 9.17) is 4.74 Å². The van der Waals surface area contributed by atoms with Crippen LogP contribution in [0.3, 0.4) is 0 Å². The first-order chi connectivity index (χ1) is 6.29. The van der Waals surface area contributed by atoms with Crippen molar-refractivity contribution in [3.05, 3.63) is 44.2 Å². The standard InChI is InChI=1S/C11H14IO/c1-10(2)13-9-8-12-11-6-4-3-5-7-11/h3-10H,1-2H3/q+1/b9-8-. The van der Waals surface area contributed by atoms with Crippen molar-refractivity contribution < 1.29 is 25.9 Å². The maximum atomic E-state index is 5.31. The first-order valence-corrected chi connectivity index (χ1v) is 6.60. The summed E-state index contributed by atoms with van der Waals surface area (Å²) in [6.45, 7) is 4.07. The SMILES string of the molecule is CC(C)O/C=C\[I+]c1ccccc1. The zero-order valence-corrected chi connectivity index (χ0v) is 10.1. The average Bonchev–Trinajstić information content (AvgIpc) is 2.14. The number of halogens is 1. The average molecular weight is 289 g/mol. The molecule has 0 unspecified atom stereocenters. The van der Waals surface area contributed by atoms with Crippen LogP contribution in [-0.4, -0.2) is 6.10 Å². The van der Waals surface area contributed by atoms with E-state index < -0.39 is 0 Å². The van der Waals surface area contributed by atoms with Crippen LogP contribution in [0.5, 0.6) is 0 Å². The Labute approximate surface area is 90.1 Å². The summed E-state index contributed by atoms with van der Waals surface area (Å²) in [5, 5.41) is 0. The third kappa shape index (κ3) is 4.93. The third-order valence-electron chi connectivity index (χ3n) is 1.32. The van der Waals surface area contributed by atoms with Crippen molar-refractivity contribution in [2.45, 2.75) is 20.0 Å². The van der Waals surface area contributed by atoms with Gasteiger partial charge in [0.2, 0.25) is 0 Å². The number of benzene rings is 1. The maximum absolute atomic E-state index is 5.31. The van der Waals surface area contributed by atoms with Crippen molar-refractivity contribution in [3.63, 3.8) is 0 Å². The van der Waals surface area contributed by atoms with Gasteiger partial charge in [-0.05, 0) is 26.0 Å². The predicted molar refractivity (Wildman–Crippen MR) is 50.5 cm³/mol.